The van der Waals surface area contributed by atoms with Gasteiger partial charge in [0, 0.05) is 43.7 Å². The minimum atomic E-state index is -0.0852. The number of benzene rings is 1. The van der Waals surface area contributed by atoms with Crippen molar-refractivity contribution in [3.8, 4) is 11.3 Å². The summed E-state index contributed by atoms with van der Waals surface area (Å²) >= 11 is 0. The molecular weight excluding hydrogens is 342 g/mol. The van der Waals surface area contributed by atoms with Crippen LogP contribution in [0.25, 0.3) is 11.3 Å². The van der Waals surface area contributed by atoms with Crippen molar-refractivity contribution < 1.29 is 4.79 Å². The van der Waals surface area contributed by atoms with Crippen LogP contribution in [0.1, 0.15) is 25.8 Å². The monoisotopic (exact) mass is 363 g/mol. The van der Waals surface area contributed by atoms with Gasteiger partial charge in [-0.2, -0.15) is 0 Å². The molecule has 1 saturated heterocycles. The Balaban J connectivity index is 1.48. The van der Waals surface area contributed by atoms with Gasteiger partial charge in [-0.1, -0.05) is 17.3 Å². The van der Waals surface area contributed by atoms with Crippen molar-refractivity contribution in [3.63, 3.8) is 0 Å². The Morgan fingerprint density at radius 2 is 1.96 bits per heavy atom. The maximum atomic E-state index is 11.1. The molecule has 0 aliphatic carbocycles. The molecule has 2 aromatic heterocycles. The van der Waals surface area contributed by atoms with Crippen molar-refractivity contribution in [2.45, 2.75) is 25.8 Å². The minimum Gasteiger partial charge on any atom is -0.339 e. The number of aromatic nitrogens is 5. The van der Waals surface area contributed by atoms with Gasteiger partial charge in [0.2, 0.25) is 11.9 Å². The van der Waals surface area contributed by atoms with Crippen LogP contribution in [0.3, 0.4) is 0 Å². The third-order valence-corrected chi connectivity index (χ3v) is 4.62. The molecule has 4 rings (SSSR count). The Labute approximate surface area is 157 Å². The first-order chi connectivity index (χ1) is 13.2. The fourth-order valence-corrected chi connectivity index (χ4v) is 3.32. The fourth-order valence-electron chi connectivity index (χ4n) is 3.32. The minimum absolute atomic E-state index is 0.0852. The van der Waals surface area contributed by atoms with Gasteiger partial charge in [-0.3, -0.25) is 4.79 Å². The molecule has 0 saturated carbocycles. The van der Waals surface area contributed by atoms with E-state index in [1.165, 1.54) is 6.92 Å². The van der Waals surface area contributed by atoms with E-state index in [0.29, 0.717) is 0 Å². The summed E-state index contributed by atoms with van der Waals surface area (Å²) < 4.78 is 1.94. The summed E-state index contributed by atoms with van der Waals surface area (Å²) in [7, 11) is 0. The Morgan fingerprint density at radius 1 is 1.19 bits per heavy atom. The first kappa shape index (κ1) is 17.1. The maximum Gasteiger partial charge on any atom is 0.225 e. The lowest BCUT2D eigenvalue weighted by molar-refractivity contribution is -0.114. The molecule has 8 heteroatoms. The smallest absolute Gasteiger partial charge is 0.225 e. The first-order valence-corrected chi connectivity index (χ1v) is 9.01. The molecule has 27 heavy (non-hydrogen) atoms. The zero-order chi connectivity index (χ0) is 18.6. The number of amides is 1. The van der Waals surface area contributed by atoms with Gasteiger partial charge in [0.25, 0.3) is 0 Å². The van der Waals surface area contributed by atoms with Crippen LogP contribution in [0.4, 0.5) is 11.6 Å². The molecule has 1 aliphatic rings. The lowest BCUT2D eigenvalue weighted by Crippen LogP contribution is -2.37. The summed E-state index contributed by atoms with van der Waals surface area (Å²) in [6.45, 7) is 3.26. The van der Waals surface area contributed by atoms with E-state index in [1.54, 1.807) is 12.4 Å². The van der Waals surface area contributed by atoms with Crippen LogP contribution in [-0.2, 0) is 4.79 Å². The number of nitrogens with one attached hydrogen (secondary N) is 1. The molecule has 0 unspecified atom stereocenters. The molecule has 3 aromatic rings. The molecule has 138 valence electrons. The number of anilines is 2. The molecule has 1 amide bonds. The highest BCUT2D eigenvalue weighted by Crippen LogP contribution is 2.25. The highest BCUT2D eigenvalue weighted by Gasteiger charge is 2.24. The van der Waals surface area contributed by atoms with E-state index in [2.05, 4.69) is 30.5 Å². The van der Waals surface area contributed by atoms with Gasteiger partial charge in [-0.15, -0.1) is 5.10 Å². The number of hydrogen-bond donors (Lipinski definition) is 1. The first-order valence-electron chi connectivity index (χ1n) is 9.01. The van der Waals surface area contributed by atoms with Gasteiger partial charge in [0.1, 0.15) is 5.69 Å². The van der Waals surface area contributed by atoms with Crippen molar-refractivity contribution in [1.82, 2.24) is 25.0 Å². The molecular formula is C19H21N7O. The number of carbonyl (C=O) groups is 1. The Kier molecular flexibility index (Phi) is 4.78. The van der Waals surface area contributed by atoms with Crippen LogP contribution in [-0.4, -0.2) is 44.0 Å². The van der Waals surface area contributed by atoms with Gasteiger partial charge in [0.05, 0.1) is 12.2 Å². The van der Waals surface area contributed by atoms with E-state index < -0.39 is 0 Å². The summed E-state index contributed by atoms with van der Waals surface area (Å²) in [5, 5.41) is 11.4. The molecule has 1 N–H and O–H groups in total. The van der Waals surface area contributed by atoms with Gasteiger partial charge < -0.3 is 10.2 Å². The largest absolute Gasteiger partial charge is 0.339 e. The summed E-state index contributed by atoms with van der Waals surface area (Å²) in [4.78, 5) is 22.0. The predicted molar refractivity (Wildman–Crippen MR) is 102 cm³/mol. The van der Waals surface area contributed by atoms with Gasteiger partial charge in [-0.25, -0.2) is 14.6 Å². The normalized spacial score (nSPS) is 16.9. The Bertz CT molecular complexity index is 907. The Morgan fingerprint density at radius 3 is 2.70 bits per heavy atom. The van der Waals surface area contributed by atoms with Crippen molar-refractivity contribution in [3.05, 3.63) is 48.9 Å². The van der Waals surface area contributed by atoms with Crippen LogP contribution < -0.4 is 10.2 Å². The van der Waals surface area contributed by atoms with Crippen LogP contribution in [0.5, 0.6) is 0 Å². The van der Waals surface area contributed by atoms with E-state index in [0.717, 1.165) is 48.8 Å². The molecule has 0 spiro atoms. The molecule has 8 nitrogen and oxygen atoms in total. The number of carbonyl (C=O) groups excluding carboxylic acids is 1. The second kappa shape index (κ2) is 7.53. The lowest BCUT2D eigenvalue weighted by Gasteiger charge is -2.32. The van der Waals surface area contributed by atoms with Crippen LogP contribution >= 0.6 is 0 Å². The Hall–Kier alpha value is -3.29. The topological polar surface area (TPSA) is 88.8 Å². The van der Waals surface area contributed by atoms with E-state index in [1.807, 2.05) is 41.2 Å². The lowest BCUT2D eigenvalue weighted by atomic mass is 10.1. The number of hydrogen-bond acceptors (Lipinski definition) is 6. The summed E-state index contributed by atoms with van der Waals surface area (Å²) in [6.07, 6.45) is 7.62. The quantitative estimate of drug-likeness (QED) is 0.766. The highest BCUT2D eigenvalue weighted by atomic mass is 16.1. The predicted octanol–water partition coefficient (Wildman–Crippen LogP) is 2.54. The molecule has 1 aliphatic heterocycles. The molecule has 1 fully saturated rings. The van der Waals surface area contributed by atoms with Crippen LogP contribution in [0.2, 0.25) is 0 Å². The number of nitrogens with zero attached hydrogens (tertiary/aromatic N) is 6. The van der Waals surface area contributed by atoms with Crippen LogP contribution in [0, 0.1) is 0 Å². The third kappa shape index (κ3) is 3.94. The van der Waals surface area contributed by atoms with Crippen molar-refractivity contribution in [1.29, 1.82) is 0 Å². The zero-order valence-corrected chi connectivity index (χ0v) is 15.1. The van der Waals surface area contributed by atoms with Gasteiger partial charge >= 0.3 is 0 Å². The van der Waals surface area contributed by atoms with E-state index in [-0.39, 0.29) is 11.9 Å². The average molecular weight is 363 g/mol. The SMILES string of the molecule is CC(=O)Nc1ccc(-c2cn([C@H]3CCCN(c4ncccn4)C3)nn2)cc1. The zero-order valence-electron chi connectivity index (χ0n) is 15.1. The molecule has 0 radical (unpaired) electrons. The van der Waals surface area contributed by atoms with E-state index >= 15 is 0 Å². The molecule has 1 atom stereocenters. The number of piperidine rings is 1. The van der Waals surface area contributed by atoms with Gasteiger partial charge in [0.15, 0.2) is 0 Å². The molecule has 0 bridgehead atoms. The van der Waals surface area contributed by atoms with E-state index in [4.69, 9.17) is 0 Å². The third-order valence-electron chi connectivity index (χ3n) is 4.62. The van der Waals surface area contributed by atoms with Crippen molar-refractivity contribution in [2.75, 3.05) is 23.3 Å². The van der Waals surface area contributed by atoms with Crippen molar-refractivity contribution >= 4 is 17.5 Å². The summed E-state index contributed by atoms with van der Waals surface area (Å²) in [6, 6.07) is 9.67. The van der Waals surface area contributed by atoms with Gasteiger partial charge in [-0.05, 0) is 31.0 Å². The highest BCUT2D eigenvalue weighted by molar-refractivity contribution is 5.88. The molecule has 1 aromatic carbocycles. The standard InChI is InChI=1S/C19H21N7O/c1-14(27)22-16-7-5-15(6-8-16)18-13-26(24-23-18)17-4-2-11-25(12-17)19-20-9-3-10-21-19/h3,5-10,13,17H,2,4,11-12H2,1H3,(H,22,27)/t17-/m0/s1. The van der Waals surface area contributed by atoms with Crippen LogP contribution in [0.15, 0.2) is 48.9 Å². The second-order valence-electron chi connectivity index (χ2n) is 6.63. The van der Waals surface area contributed by atoms with E-state index in [9.17, 15) is 4.79 Å². The summed E-state index contributed by atoms with van der Waals surface area (Å²) in [5.41, 5.74) is 2.55. The maximum absolute atomic E-state index is 11.1. The summed E-state index contributed by atoms with van der Waals surface area (Å²) in [5.74, 6) is 0.675. The average Bonchev–Trinajstić information content (AvgIpc) is 3.19. The van der Waals surface area contributed by atoms with Crippen molar-refractivity contribution in [2.24, 2.45) is 0 Å². The number of rotatable bonds is 4. The second-order valence-corrected chi connectivity index (χ2v) is 6.63. The fraction of sp³-hybridized carbons (Fsp3) is 0.316. The molecule has 3 heterocycles.